The van der Waals surface area contributed by atoms with Gasteiger partial charge in [0.25, 0.3) is 0 Å². The molecule has 0 aromatic rings. The Morgan fingerprint density at radius 3 is 2.87 bits per heavy atom. The minimum Gasteiger partial charge on any atom is -0.313 e. The SMILES string of the molecule is C=C(CC)CNCCC1CCCC(C)C1. The minimum atomic E-state index is 0.967. The molecule has 0 aromatic carbocycles. The van der Waals surface area contributed by atoms with Crippen molar-refractivity contribution in [2.45, 2.75) is 52.4 Å². The summed E-state index contributed by atoms with van der Waals surface area (Å²) >= 11 is 0. The van der Waals surface area contributed by atoms with E-state index in [0.29, 0.717) is 0 Å². The van der Waals surface area contributed by atoms with E-state index in [1.165, 1.54) is 44.2 Å². The van der Waals surface area contributed by atoms with E-state index >= 15 is 0 Å². The molecule has 1 rings (SSSR count). The van der Waals surface area contributed by atoms with E-state index < -0.39 is 0 Å². The Labute approximate surface area is 95.3 Å². The molecule has 1 aliphatic rings. The standard InChI is InChI=1S/C14H27N/c1-4-12(2)11-15-9-8-14-7-5-6-13(3)10-14/h13-15H,2,4-11H2,1,3H3. The van der Waals surface area contributed by atoms with Crippen molar-refractivity contribution >= 4 is 0 Å². The minimum absolute atomic E-state index is 0.967. The molecule has 1 heteroatoms. The maximum Gasteiger partial charge on any atom is 0.0161 e. The van der Waals surface area contributed by atoms with Gasteiger partial charge in [-0.15, -0.1) is 0 Å². The van der Waals surface area contributed by atoms with Crippen molar-refractivity contribution in [2.75, 3.05) is 13.1 Å². The molecule has 0 heterocycles. The number of nitrogens with one attached hydrogen (secondary N) is 1. The number of hydrogen-bond donors (Lipinski definition) is 1. The fraction of sp³-hybridized carbons (Fsp3) is 0.857. The Bertz CT molecular complexity index is 186. The summed E-state index contributed by atoms with van der Waals surface area (Å²) in [7, 11) is 0. The van der Waals surface area contributed by atoms with Gasteiger partial charge in [0.05, 0.1) is 0 Å². The topological polar surface area (TPSA) is 12.0 Å². The van der Waals surface area contributed by atoms with Gasteiger partial charge < -0.3 is 5.32 Å². The summed E-state index contributed by atoms with van der Waals surface area (Å²) in [5.41, 5.74) is 1.33. The second-order valence-corrected chi connectivity index (χ2v) is 5.21. The average molecular weight is 209 g/mol. The van der Waals surface area contributed by atoms with E-state index in [2.05, 4.69) is 25.7 Å². The van der Waals surface area contributed by atoms with E-state index in [9.17, 15) is 0 Å². The predicted molar refractivity (Wildman–Crippen MR) is 68.0 cm³/mol. The molecule has 0 spiro atoms. The van der Waals surface area contributed by atoms with Gasteiger partial charge in [0, 0.05) is 6.54 Å². The highest BCUT2D eigenvalue weighted by atomic mass is 14.8. The van der Waals surface area contributed by atoms with Gasteiger partial charge in [-0.25, -0.2) is 0 Å². The van der Waals surface area contributed by atoms with Crippen LogP contribution in [0.25, 0.3) is 0 Å². The third-order valence-corrected chi connectivity index (χ3v) is 3.65. The summed E-state index contributed by atoms with van der Waals surface area (Å²) in [6, 6.07) is 0. The van der Waals surface area contributed by atoms with Crippen LogP contribution in [0.2, 0.25) is 0 Å². The molecule has 1 N–H and O–H groups in total. The van der Waals surface area contributed by atoms with E-state index in [-0.39, 0.29) is 0 Å². The number of rotatable bonds is 6. The first-order valence-corrected chi connectivity index (χ1v) is 6.59. The lowest BCUT2D eigenvalue weighted by Gasteiger charge is -2.26. The van der Waals surface area contributed by atoms with Crippen LogP contribution in [0.5, 0.6) is 0 Å². The van der Waals surface area contributed by atoms with Crippen LogP contribution >= 0.6 is 0 Å². The smallest absolute Gasteiger partial charge is 0.0161 e. The molecule has 2 unspecified atom stereocenters. The summed E-state index contributed by atoms with van der Waals surface area (Å²) in [5, 5.41) is 3.50. The fourth-order valence-electron chi connectivity index (χ4n) is 2.52. The van der Waals surface area contributed by atoms with E-state index in [0.717, 1.165) is 24.8 Å². The lowest BCUT2D eigenvalue weighted by atomic mass is 9.81. The van der Waals surface area contributed by atoms with Gasteiger partial charge in [0.1, 0.15) is 0 Å². The highest BCUT2D eigenvalue weighted by Gasteiger charge is 2.17. The molecule has 0 amide bonds. The van der Waals surface area contributed by atoms with Gasteiger partial charge in [0.15, 0.2) is 0 Å². The molecule has 15 heavy (non-hydrogen) atoms. The molecule has 88 valence electrons. The van der Waals surface area contributed by atoms with Gasteiger partial charge in [-0.2, -0.15) is 0 Å². The Morgan fingerprint density at radius 2 is 2.20 bits per heavy atom. The van der Waals surface area contributed by atoms with Gasteiger partial charge in [-0.05, 0) is 37.6 Å². The monoisotopic (exact) mass is 209 g/mol. The Hall–Kier alpha value is -0.300. The highest BCUT2D eigenvalue weighted by molar-refractivity contribution is 4.94. The molecule has 1 fully saturated rings. The third-order valence-electron chi connectivity index (χ3n) is 3.65. The molecule has 0 radical (unpaired) electrons. The largest absolute Gasteiger partial charge is 0.313 e. The van der Waals surface area contributed by atoms with Crippen LogP contribution in [0.1, 0.15) is 52.4 Å². The molecule has 1 nitrogen and oxygen atoms in total. The van der Waals surface area contributed by atoms with Gasteiger partial charge in [-0.3, -0.25) is 0 Å². The van der Waals surface area contributed by atoms with Gasteiger partial charge in [0.2, 0.25) is 0 Å². The van der Waals surface area contributed by atoms with Crippen molar-refractivity contribution in [2.24, 2.45) is 11.8 Å². The van der Waals surface area contributed by atoms with Crippen LogP contribution in [0.15, 0.2) is 12.2 Å². The lowest BCUT2D eigenvalue weighted by Crippen LogP contribution is -2.22. The molecular formula is C14H27N. The van der Waals surface area contributed by atoms with Gasteiger partial charge >= 0.3 is 0 Å². The first-order valence-electron chi connectivity index (χ1n) is 6.59. The van der Waals surface area contributed by atoms with Crippen LogP contribution in [-0.2, 0) is 0 Å². The summed E-state index contributed by atoms with van der Waals surface area (Å²) in [6.45, 7) is 10.8. The van der Waals surface area contributed by atoms with Crippen molar-refractivity contribution in [1.82, 2.24) is 5.32 Å². The first kappa shape index (κ1) is 12.8. The molecule has 0 aromatic heterocycles. The maximum atomic E-state index is 4.01. The number of hydrogen-bond acceptors (Lipinski definition) is 1. The fourth-order valence-corrected chi connectivity index (χ4v) is 2.52. The van der Waals surface area contributed by atoms with Crippen molar-refractivity contribution in [3.8, 4) is 0 Å². The molecule has 0 bridgehead atoms. The van der Waals surface area contributed by atoms with Crippen molar-refractivity contribution < 1.29 is 0 Å². The van der Waals surface area contributed by atoms with Crippen LogP contribution in [0.3, 0.4) is 0 Å². The summed E-state index contributed by atoms with van der Waals surface area (Å²) in [5.74, 6) is 1.95. The molecule has 0 aliphatic heterocycles. The van der Waals surface area contributed by atoms with E-state index in [4.69, 9.17) is 0 Å². The van der Waals surface area contributed by atoms with Crippen LogP contribution < -0.4 is 5.32 Å². The first-order chi connectivity index (χ1) is 7.22. The average Bonchev–Trinajstić information content (AvgIpc) is 2.24. The Kier molecular flexibility index (Phi) is 6.00. The maximum absolute atomic E-state index is 4.01. The molecule has 2 atom stereocenters. The zero-order chi connectivity index (χ0) is 11.1. The molecule has 0 saturated heterocycles. The van der Waals surface area contributed by atoms with Crippen LogP contribution in [-0.4, -0.2) is 13.1 Å². The van der Waals surface area contributed by atoms with Crippen molar-refractivity contribution in [3.63, 3.8) is 0 Å². The second-order valence-electron chi connectivity index (χ2n) is 5.21. The highest BCUT2D eigenvalue weighted by Crippen LogP contribution is 2.30. The zero-order valence-corrected chi connectivity index (χ0v) is 10.5. The lowest BCUT2D eigenvalue weighted by molar-refractivity contribution is 0.268. The quantitative estimate of drug-likeness (QED) is 0.519. The van der Waals surface area contributed by atoms with E-state index in [1.807, 2.05) is 0 Å². The Morgan fingerprint density at radius 1 is 1.40 bits per heavy atom. The predicted octanol–water partition coefficient (Wildman–Crippen LogP) is 3.76. The van der Waals surface area contributed by atoms with E-state index in [1.54, 1.807) is 0 Å². The van der Waals surface area contributed by atoms with Crippen LogP contribution in [0.4, 0.5) is 0 Å². The zero-order valence-electron chi connectivity index (χ0n) is 10.5. The van der Waals surface area contributed by atoms with Crippen molar-refractivity contribution in [1.29, 1.82) is 0 Å². The summed E-state index contributed by atoms with van der Waals surface area (Å²) in [4.78, 5) is 0. The molecular weight excluding hydrogens is 182 g/mol. The normalized spacial score (nSPS) is 26.5. The summed E-state index contributed by atoms with van der Waals surface area (Å²) in [6.07, 6.45) is 8.29. The Balaban J connectivity index is 2.02. The van der Waals surface area contributed by atoms with Crippen LogP contribution in [0, 0.1) is 11.8 Å². The molecule has 1 saturated carbocycles. The summed E-state index contributed by atoms with van der Waals surface area (Å²) < 4.78 is 0. The van der Waals surface area contributed by atoms with Gasteiger partial charge in [-0.1, -0.05) is 45.3 Å². The molecule has 1 aliphatic carbocycles. The second kappa shape index (κ2) is 7.05. The van der Waals surface area contributed by atoms with Crippen molar-refractivity contribution in [3.05, 3.63) is 12.2 Å². The third kappa shape index (κ3) is 5.36.